The molecule has 150 valence electrons. The molecule has 0 radical (unpaired) electrons. The number of amides is 3. The summed E-state index contributed by atoms with van der Waals surface area (Å²) in [6.45, 7) is 2.15. The quantitative estimate of drug-likeness (QED) is 0.794. The summed E-state index contributed by atoms with van der Waals surface area (Å²) in [6, 6.07) is 15.5. The maximum atomic E-state index is 13.3. The van der Waals surface area contributed by atoms with Gasteiger partial charge in [-0.3, -0.25) is 19.3 Å². The predicted octanol–water partition coefficient (Wildman–Crippen LogP) is 3.59. The van der Waals surface area contributed by atoms with E-state index in [1.807, 2.05) is 30.3 Å². The van der Waals surface area contributed by atoms with E-state index in [0.717, 1.165) is 29.7 Å². The number of benzene rings is 2. The minimum absolute atomic E-state index is 0.0877. The first-order valence-corrected chi connectivity index (χ1v) is 10.4. The van der Waals surface area contributed by atoms with Crippen molar-refractivity contribution in [2.45, 2.75) is 51.1 Å². The molecule has 3 atom stereocenters. The standard InChI is InChI=1S/C24H26N2O3/c1-16-9-5-8-14-20(16)25-22(27)21(15-17-10-3-2-4-11-17)26-23(28)18-12-6-7-13-19(18)24(26)29/h2-4,6-7,10-13,16,20-21H,5,8-9,14-15H2,1H3,(H,25,27)/t16-,20-,21+/m1/s1. The van der Waals surface area contributed by atoms with Crippen LogP contribution in [0.5, 0.6) is 0 Å². The molecular formula is C24H26N2O3. The van der Waals surface area contributed by atoms with Crippen molar-refractivity contribution in [3.63, 3.8) is 0 Å². The fourth-order valence-corrected chi connectivity index (χ4v) is 4.44. The van der Waals surface area contributed by atoms with Crippen molar-refractivity contribution in [2.75, 3.05) is 0 Å². The summed E-state index contributed by atoms with van der Waals surface area (Å²) in [7, 11) is 0. The number of hydrogen-bond donors (Lipinski definition) is 1. The lowest BCUT2D eigenvalue weighted by molar-refractivity contribution is -0.126. The van der Waals surface area contributed by atoms with Crippen LogP contribution in [0.3, 0.4) is 0 Å². The molecule has 0 aromatic heterocycles. The van der Waals surface area contributed by atoms with Crippen molar-refractivity contribution < 1.29 is 14.4 Å². The zero-order chi connectivity index (χ0) is 20.4. The maximum Gasteiger partial charge on any atom is 0.262 e. The number of fused-ring (bicyclic) bond motifs is 1. The van der Waals surface area contributed by atoms with Gasteiger partial charge in [0.2, 0.25) is 5.91 Å². The van der Waals surface area contributed by atoms with Crippen LogP contribution in [0.4, 0.5) is 0 Å². The number of nitrogens with zero attached hydrogens (tertiary/aromatic N) is 1. The molecule has 5 nitrogen and oxygen atoms in total. The molecule has 0 spiro atoms. The monoisotopic (exact) mass is 390 g/mol. The van der Waals surface area contributed by atoms with Crippen LogP contribution in [0.25, 0.3) is 0 Å². The molecule has 3 amide bonds. The molecule has 2 aliphatic rings. The first kappa shape index (κ1) is 19.4. The van der Waals surface area contributed by atoms with Crippen LogP contribution in [0.2, 0.25) is 0 Å². The molecule has 1 aliphatic heterocycles. The van der Waals surface area contributed by atoms with E-state index in [9.17, 15) is 14.4 Å². The average molecular weight is 390 g/mol. The predicted molar refractivity (Wildman–Crippen MR) is 110 cm³/mol. The molecule has 1 aliphatic carbocycles. The van der Waals surface area contributed by atoms with Gasteiger partial charge < -0.3 is 5.32 Å². The normalized spacial score (nSPS) is 22.3. The average Bonchev–Trinajstić information content (AvgIpc) is 2.99. The summed E-state index contributed by atoms with van der Waals surface area (Å²) >= 11 is 0. The molecule has 1 saturated carbocycles. The second kappa shape index (κ2) is 8.19. The van der Waals surface area contributed by atoms with Crippen LogP contribution < -0.4 is 5.32 Å². The number of carbonyl (C=O) groups is 3. The van der Waals surface area contributed by atoms with Crippen molar-refractivity contribution >= 4 is 17.7 Å². The molecule has 0 saturated heterocycles. The van der Waals surface area contributed by atoms with E-state index in [0.29, 0.717) is 23.5 Å². The Morgan fingerprint density at radius 2 is 1.55 bits per heavy atom. The van der Waals surface area contributed by atoms with Crippen molar-refractivity contribution in [1.29, 1.82) is 0 Å². The van der Waals surface area contributed by atoms with Gasteiger partial charge in [-0.05, 0) is 36.5 Å². The van der Waals surface area contributed by atoms with Gasteiger partial charge in [0.25, 0.3) is 11.8 Å². The fourth-order valence-electron chi connectivity index (χ4n) is 4.44. The Labute approximate surface area is 171 Å². The maximum absolute atomic E-state index is 13.3. The van der Waals surface area contributed by atoms with E-state index in [2.05, 4.69) is 12.2 Å². The second-order valence-corrected chi connectivity index (χ2v) is 8.11. The number of nitrogens with one attached hydrogen (secondary N) is 1. The molecule has 0 bridgehead atoms. The second-order valence-electron chi connectivity index (χ2n) is 8.11. The van der Waals surface area contributed by atoms with Gasteiger partial charge in [-0.15, -0.1) is 0 Å². The molecule has 2 aromatic carbocycles. The topological polar surface area (TPSA) is 66.5 Å². The van der Waals surface area contributed by atoms with E-state index in [1.54, 1.807) is 24.3 Å². The van der Waals surface area contributed by atoms with E-state index in [1.165, 1.54) is 6.42 Å². The lowest BCUT2D eigenvalue weighted by Gasteiger charge is -2.33. The molecule has 1 N–H and O–H groups in total. The van der Waals surface area contributed by atoms with Crippen LogP contribution in [0.1, 0.15) is 58.9 Å². The lowest BCUT2D eigenvalue weighted by Crippen LogP contribution is -2.54. The van der Waals surface area contributed by atoms with E-state index < -0.39 is 17.9 Å². The number of imide groups is 1. The van der Waals surface area contributed by atoms with Gasteiger partial charge in [-0.1, -0.05) is 62.2 Å². The first-order chi connectivity index (χ1) is 14.1. The van der Waals surface area contributed by atoms with Gasteiger partial charge in [-0.25, -0.2) is 0 Å². The van der Waals surface area contributed by atoms with Crippen molar-refractivity contribution in [2.24, 2.45) is 5.92 Å². The molecule has 2 aromatic rings. The van der Waals surface area contributed by atoms with Crippen molar-refractivity contribution in [1.82, 2.24) is 10.2 Å². The van der Waals surface area contributed by atoms with Gasteiger partial charge in [0, 0.05) is 12.5 Å². The van der Waals surface area contributed by atoms with Crippen LogP contribution >= 0.6 is 0 Å². The minimum Gasteiger partial charge on any atom is -0.351 e. The molecule has 1 fully saturated rings. The van der Waals surface area contributed by atoms with Crippen LogP contribution in [0.15, 0.2) is 54.6 Å². The summed E-state index contributed by atoms with van der Waals surface area (Å²) < 4.78 is 0. The Kier molecular flexibility index (Phi) is 5.47. The Morgan fingerprint density at radius 1 is 0.966 bits per heavy atom. The van der Waals surface area contributed by atoms with Crippen LogP contribution in [-0.2, 0) is 11.2 Å². The molecular weight excluding hydrogens is 364 g/mol. The highest BCUT2D eigenvalue weighted by molar-refractivity contribution is 6.22. The number of carbonyl (C=O) groups excluding carboxylic acids is 3. The first-order valence-electron chi connectivity index (χ1n) is 10.4. The molecule has 1 heterocycles. The summed E-state index contributed by atoms with van der Waals surface area (Å²) in [5.74, 6) is -0.633. The summed E-state index contributed by atoms with van der Waals surface area (Å²) in [4.78, 5) is 40.5. The van der Waals surface area contributed by atoms with Gasteiger partial charge in [0.1, 0.15) is 6.04 Å². The molecule has 4 rings (SSSR count). The smallest absolute Gasteiger partial charge is 0.262 e. The SMILES string of the molecule is C[C@@H]1CCCC[C@H]1NC(=O)[C@H](Cc1ccccc1)N1C(=O)c2ccccc2C1=O. The zero-order valence-electron chi connectivity index (χ0n) is 16.6. The lowest BCUT2D eigenvalue weighted by atomic mass is 9.85. The van der Waals surface area contributed by atoms with Crippen molar-refractivity contribution in [3.8, 4) is 0 Å². The number of rotatable bonds is 5. The Bertz CT molecular complexity index is 890. The summed E-state index contributed by atoms with van der Waals surface area (Å²) in [6.07, 6.45) is 4.60. The molecule has 5 heteroatoms. The third-order valence-electron chi connectivity index (χ3n) is 6.15. The molecule has 29 heavy (non-hydrogen) atoms. The van der Waals surface area contributed by atoms with Crippen LogP contribution in [0, 0.1) is 5.92 Å². The van der Waals surface area contributed by atoms with E-state index >= 15 is 0 Å². The highest BCUT2D eigenvalue weighted by Gasteiger charge is 2.43. The Hall–Kier alpha value is -2.95. The zero-order valence-corrected chi connectivity index (χ0v) is 16.6. The van der Waals surface area contributed by atoms with E-state index in [-0.39, 0.29) is 11.9 Å². The van der Waals surface area contributed by atoms with Crippen molar-refractivity contribution in [3.05, 3.63) is 71.3 Å². The number of hydrogen-bond acceptors (Lipinski definition) is 3. The third kappa shape index (κ3) is 3.82. The fraction of sp³-hybridized carbons (Fsp3) is 0.375. The van der Waals surface area contributed by atoms with Gasteiger partial charge in [0.15, 0.2) is 0 Å². The highest BCUT2D eigenvalue weighted by Crippen LogP contribution is 2.28. The summed E-state index contributed by atoms with van der Waals surface area (Å²) in [5, 5.41) is 3.15. The third-order valence-corrected chi connectivity index (χ3v) is 6.15. The van der Waals surface area contributed by atoms with Gasteiger partial charge in [-0.2, -0.15) is 0 Å². The van der Waals surface area contributed by atoms with Gasteiger partial charge in [0.05, 0.1) is 11.1 Å². The Balaban J connectivity index is 1.63. The Morgan fingerprint density at radius 3 is 2.17 bits per heavy atom. The van der Waals surface area contributed by atoms with Crippen LogP contribution in [-0.4, -0.2) is 34.7 Å². The summed E-state index contributed by atoms with van der Waals surface area (Å²) in [5.41, 5.74) is 1.66. The largest absolute Gasteiger partial charge is 0.351 e. The van der Waals surface area contributed by atoms with E-state index in [4.69, 9.17) is 0 Å². The molecule has 0 unspecified atom stereocenters. The minimum atomic E-state index is -0.862. The highest BCUT2D eigenvalue weighted by atomic mass is 16.2. The van der Waals surface area contributed by atoms with Gasteiger partial charge >= 0.3 is 0 Å².